The van der Waals surface area contributed by atoms with E-state index in [0.29, 0.717) is 6.54 Å². The highest BCUT2D eigenvalue weighted by atomic mass is 79.9. The first-order chi connectivity index (χ1) is 8.80. The Morgan fingerprint density at radius 1 is 1.47 bits per heavy atom. The molecule has 1 heterocycles. The van der Waals surface area contributed by atoms with E-state index in [1.54, 1.807) is 0 Å². The van der Waals surface area contributed by atoms with Crippen LogP contribution in [0.5, 0.6) is 0 Å². The molecule has 0 radical (unpaired) electrons. The molecule has 2 atom stereocenters. The number of hydrogen-bond acceptors (Lipinski definition) is 4. The average Bonchev–Trinajstić information content (AvgIpc) is 2.26. The summed E-state index contributed by atoms with van der Waals surface area (Å²) in [6, 6.07) is 6.01. The Balaban J connectivity index is 2.26. The Hall–Kier alpha value is -0.590. The van der Waals surface area contributed by atoms with Gasteiger partial charge in [-0.25, -0.2) is 8.42 Å². The van der Waals surface area contributed by atoms with Crippen LogP contribution < -0.4 is 10.6 Å². The van der Waals surface area contributed by atoms with E-state index >= 15 is 0 Å². The van der Waals surface area contributed by atoms with Crippen molar-refractivity contribution in [3.63, 3.8) is 0 Å². The number of anilines is 1. The van der Waals surface area contributed by atoms with Crippen LogP contribution >= 0.6 is 15.9 Å². The molecule has 1 aromatic rings. The largest absolute Gasteiger partial charge is 0.367 e. The number of benzene rings is 1. The first kappa shape index (κ1) is 14.8. The third-order valence-electron chi connectivity index (χ3n) is 3.48. The second-order valence-electron chi connectivity index (χ2n) is 5.15. The second-order valence-corrected chi connectivity index (χ2v) is 8.23. The molecule has 4 nitrogen and oxygen atoms in total. The first-order valence-corrected chi connectivity index (χ1v) is 8.94. The Labute approximate surface area is 123 Å². The number of hydrogen-bond donors (Lipinski definition) is 1. The molecule has 0 aliphatic carbocycles. The average molecular weight is 347 g/mol. The molecule has 0 bridgehead atoms. The van der Waals surface area contributed by atoms with Crippen molar-refractivity contribution in [3.05, 3.63) is 28.2 Å². The molecule has 1 unspecified atom stereocenters. The molecule has 0 spiro atoms. The minimum atomic E-state index is -2.88. The smallest absolute Gasteiger partial charge is 0.154 e. The van der Waals surface area contributed by atoms with E-state index in [2.05, 4.69) is 20.8 Å². The lowest BCUT2D eigenvalue weighted by atomic mass is 10.1. The predicted octanol–water partition coefficient (Wildman–Crippen LogP) is 2.09. The van der Waals surface area contributed by atoms with Gasteiger partial charge in [0.1, 0.15) is 0 Å². The lowest BCUT2D eigenvalue weighted by Gasteiger charge is -2.35. The molecule has 6 heteroatoms. The summed E-state index contributed by atoms with van der Waals surface area (Å²) in [5.74, 6) is 0.448. The van der Waals surface area contributed by atoms with Crippen molar-refractivity contribution in [2.45, 2.75) is 25.9 Å². The van der Waals surface area contributed by atoms with Gasteiger partial charge in [-0.3, -0.25) is 0 Å². The highest BCUT2D eigenvalue weighted by Gasteiger charge is 2.28. The highest BCUT2D eigenvalue weighted by molar-refractivity contribution is 9.10. The monoisotopic (exact) mass is 346 g/mol. The van der Waals surface area contributed by atoms with Crippen molar-refractivity contribution in [2.24, 2.45) is 5.73 Å². The van der Waals surface area contributed by atoms with Crippen LogP contribution in [-0.2, 0) is 9.84 Å². The molecule has 1 fully saturated rings. The maximum atomic E-state index is 11.6. The summed E-state index contributed by atoms with van der Waals surface area (Å²) < 4.78 is 24.2. The topological polar surface area (TPSA) is 63.4 Å². The zero-order valence-corrected chi connectivity index (χ0v) is 13.5. The molecule has 0 saturated carbocycles. The SMILES string of the molecule is CC1CS(=O)(=O)CCN1c1ccc([C@@H](C)N)c(Br)c1. The molecular formula is C13H19BrN2O2S. The van der Waals surface area contributed by atoms with Crippen LogP contribution in [0.15, 0.2) is 22.7 Å². The number of sulfone groups is 1. The van der Waals surface area contributed by atoms with E-state index < -0.39 is 9.84 Å². The Morgan fingerprint density at radius 2 is 2.16 bits per heavy atom. The van der Waals surface area contributed by atoms with Gasteiger partial charge in [-0.2, -0.15) is 0 Å². The molecule has 1 aliphatic rings. The lowest BCUT2D eigenvalue weighted by molar-refractivity contribution is 0.568. The lowest BCUT2D eigenvalue weighted by Crippen LogP contribution is -2.47. The predicted molar refractivity (Wildman–Crippen MR) is 82.2 cm³/mol. The summed E-state index contributed by atoms with van der Waals surface area (Å²) in [5.41, 5.74) is 7.98. The summed E-state index contributed by atoms with van der Waals surface area (Å²) in [6.07, 6.45) is 0. The van der Waals surface area contributed by atoms with Crippen LogP contribution in [0.25, 0.3) is 0 Å². The Bertz CT molecular complexity index is 572. The number of halogens is 1. The van der Waals surface area contributed by atoms with E-state index in [9.17, 15) is 8.42 Å². The van der Waals surface area contributed by atoms with E-state index in [1.807, 2.05) is 32.0 Å². The van der Waals surface area contributed by atoms with Crippen molar-refractivity contribution in [2.75, 3.05) is 23.0 Å². The Kier molecular flexibility index (Phi) is 4.23. The minimum Gasteiger partial charge on any atom is -0.367 e. The van der Waals surface area contributed by atoms with Crippen molar-refractivity contribution >= 4 is 31.5 Å². The van der Waals surface area contributed by atoms with Gasteiger partial charge in [-0.05, 0) is 31.5 Å². The molecule has 1 aliphatic heterocycles. The molecule has 106 valence electrons. The molecule has 0 aromatic heterocycles. The van der Waals surface area contributed by atoms with E-state index in [0.717, 1.165) is 15.7 Å². The third-order valence-corrected chi connectivity index (χ3v) is 5.96. The zero-order chi connectivity index (χ0) is 14.2. The minimum absolute atomic E-state index is 0.00630. The highest BCUT2D eigenvalue weighted by Crippen LogP contribution is 2.29. The fourth-order valence-electron chi connectivity index (χ4n) is 2.45. The second kappa shape index (κ2) is 5.42. The van der Waals surface area contributed by atoms with Crippen molar-refractivity contribution in [1.82, 2.24) is 0 Å². The fourth-order valence-corrected chi connectivity index (χ4v) is 4.73. The third kappa shape index (κ3) is 3.30. The molecule has 19 heavy (non-hydrogen) atoms. The van der Waals surface area contributed by atoms with E-state index in [4.69, 9.17) is 5.73 Å². The van der Waals surface area contributed by atoms with Crippen LogP contribution in [-0.4, -0.2) is 32.5 Å². The maximum Gasteiger partial charge on any atom is 0.154 e. The van der Waals surface area contributed by atoms with Gasteiger partial charge < -0.3 is 10.6 Å². The van der Waals surface area contributed by atoms with E-state index in [-0.39, 0.29) is 23.6 Å². The van der Waals surface area contributed by atoms with E-state index in [1.165, 1.54) is 0 Å². The van der Waals surface area contributed by atoms with Gasteiger partial charge in [0.25, 0.3) is 0 Å². The molecular weight excluding hydrogens is 328 g/mol. The van der Waals surface area contributed by atoms with Crippen LogP contribution in [0.2, 0.25) is 0 Å². The van der Waals surface area contributed by atoms with Gasteiger partial charge in [0.15, 0.2) is 9.84 Å². The van der Waals surface area contributed by atoms with Crippen LogP contribution in [0.4, 0.5) is 5.69 Å². The van der Waals surface area contributed by atoms with Gasteiger partial charge in [0.2, 0.25) is 0 Å². The number of rotatable bonds is 2. The summed E-state index contributed by atoms with van der Waals surface area (Å²) in [4.78, 5) is 2.14. The maximum absolute atomic E-state index is 11.6. The summed E-state index contributed by atoms with van der Waals surface area (Å²) in [6.45, 7) is 4.44. The molecule has 0 amide bonds. The quantitative estimate of drug-likeness (QED) is 0.890. The standard InChI is InChI=1S/C13H19BrN2O2S/c1-9-8-19(17,18)6-5-16(9)11-3-4-12(10(2)15)13(14)7-11/h3-4,7,9-10H,5-6,8,15H2,1-2H3/t9?,10-/m1/s1. The number of nitrogens with two attached hydrogens (primary N) is 1. The Morgan fingerprint density at radius 3 is 2.68 bits per heavy atom. The normalized spacial score (nSPS) is 24.2. The number of nitrogens with zero attached hydrogens (tertiary/aromatic N) is 1. The summed E-state index contributed by atoms with van der Waals surface area (Å²) in [7, 11) is -2.88. The van der Waals surface area contributed by atoms with Gasteiger partial charge >= 0.3 is 0 Å². The van der Waals surface area contributed by atoms with Crippen molar-refractivity contribution in [1.29, 1.82) is 0 Å². The van der Waals surface area contributed by atoms with Crippen molar-refractivity contribution in [3.8, 4) is 0 Å². The fraction of sp³-hybridized carbons (Fsp3) is 0.538. The van der Waals surface area contributed by atoms with Gasteiger partial charge in [0, 0.05) is 28.8 Å². The van der Waals surface area contributed by atoms with Crippen molar-refractivity contribution < 1.29 is 8.42 Å². The molecule has 1 aromatic carbocycles. The molecule has 2 N–H and O–H groups in total. The molecule has 2 rings (SSSR count). The van der Waals surface area contributed by atoms with Crippen LogP contribution in [0, 0.1) is 0 Å². The first-order valence-electron chi connectivity index (χ1n) is 6.32. The van der Waals surface area contributed by atoms with Crippen LogP contribution in [0.3, 0.4) is 0 Å². The van der Waals surface area contributed by atoms with Gasteiger partial charge in [-0.1, -0.05) is 22.0 Å². The summed E-state index contributed by atoms with van der Waals surface area (Å²) >= 11 is 3.53. The zero-order valence-electron chi connectivity index (χ0n) is 11.1. The molecule has 1 saturated heterocycles. The summed E-state index contributed by atoms with van der Waals surface area (Å²) in [5, 5.41) is 0. The van der Waals surface area contributed by atoms with Crippen LogP contribution in [0.1, 0.15) is 25.5 Å². The van der Waals surface area contributed by atoms with Gasteiger partial charge in [-0.15, -0.1) is 0 Å². The van der Waals surface area contributed by atoms with Gasteiger partial charge in [0.05, 0.1) is 11.5 Å².